The number of carbonyl (C=O) groups excluding carboxylic acids is 1. The van der Waals surface area contributed by atoms with Crippen molar-refractivity contribution in [2.75, 3.05) is 17.7 Å². The fraction of sp³-hybridized carbons (Fsp3) is 0.300. The topological polar surface area (TPSA) is 29.1 Å². The molecule has 0 bridgehead atoms. The second-order valence-corrected chi connectivity index (χ2v) is 3.13. The number of anilines is 1. The molecule has 1 rings (SSSR count). The third-order valence-corrected chi connectivity index (χ3v) is 1.88. The van der Waals surface area contributed by atoms with E-state index in [0.29, 0.717) is 12.4 Å². The molecule has 0 radical (unpaired) electrons. The van der Waals surface area contributed by atoms with E-state index >= 15 is 0 Å². The van der Waals surface area contributed by atoms with Crippen LogP contribution in [-0.2, 0) is 0 Å². The van der Waals surface area contributed by atoms with Crippen molar-refractivity contribution in [1.82, 2.24) is 0 Å². The highest BCUT2D eigenvalue weighted by molar-refractivity contribution is 6.18. The van der Waals surface area contributed by atoms with Crippen LogP contribution in [0.15, 0.2) is 24.3 Å². The van der Waals surface area contributed by atoms with Gasteiger partial charge < -0.3 is 5.32 Å². The van der Waals surface area contributed by atoms with Crippen molar-refractivity contribution in [1.29, 1.82) is 0 Å². The van der Waals surface area contributed by atoms with Gasteiger partial charge in [0.1, 0.15) is 0 Å². The number of ketones is 1. The summed E-state index contributed by atoms with van der Waals surface area (Å²) in [5, 5.41) is 3.11. The second kappa shape index (κ2) is 4.87. The largest absolute Gasteiger partial charge is 0.384 e. The van der Waals surface area contributed by atoms with Crippen LogP contribution in [0.3, 0.4) is 0 Å². The Hall–Kier alpha value is -1.02. The number of carbonyl (C=O) groups is 1. The number of nitrogens with one attached hydrogen (secondary N) is 1. The molecule has 2 nitrogen and oxygen atoms in total. The summed E-state index contributed by atoms with van der Waals surface area (Å²) >= 11 is 5.52. The highest BCUT2D eigenvalue weighted by Crippen LogP contribution is 2.10. The van der Waals surface area contributed by atoms with E-state index in [-0.39, 0.29) is 5.78 Å². The summed E-state index contributed by atoms with van der Waals surface area (Å²) in [5.74, 6) is 0.638. The fourth-order valence-corrected chi connectivity index (χ4v) is 1.13. The molecule has 0 saturated carbocycles. The molecule has 0 fully saturated rings. The maximum absolute atomic E-state index is 11.0. The molecule has 3 heteroatoms. The predicted octanol–water partition coefficient (Wildman–Crippen LogP) is 2.54. The molecule has 1 aromatic carbocycles. The number of rotatable bonds is 4. The lowest BCUT2D eigenvalue weighted by atomic mass is 10.1. The normalized spacial score (nSPS) is 9.69. The Morgan fingerprint density at radius 2 is 2.31 bits per heavy atom. The first-order valence-corrected chi connectivity index (χ1v) is 4.68. The van der Waals surface area contributed by atoms with Crippen LogP contribution in [0.1, 0.15) is 17.3 Å². The van der Waals surface area contributed by atoms with Gasteiger partial charge in [-0.15, -0.1) is 11.6 Å². The average molecular weight is 198 g/mol. The third-order valence-electron chi connectivity index (χ3n) is 1.69. The van der Waals surface area contributed by atoms with E-state index < -0.39 is 0 Å². The minimum absolute atomic E-state index is 0.0783. The SMILES string of the molecule is CC(=O)c1cccc(NCCCl)c1. The molecule has 70 valence electrons. The number of hydrogen-bond acceptors (Lipinski definition) is 2. The van der Waals surface area contributed by atoms with Gasteiger partial charge in [-0.1, -0.05) is 12.1 Å². The van der Waals surface area contributed by atoms with Gasteiger partial charge in [-0.3, -0.25) is 4.79 Å². The number of alkyl halides is 1. The van der Waals surface area contributed by atoms with Gasteiger partial charge in [-0.2, -0.15) is 0 Å². The van der Waals surface area contributed by atoms with Crippen molar-refractivity contribution < 1.29 is 4.79 Å². The highest BCUT2D eigenvalue weighted by atomic mass is 35.5. The predicted molar refractivity (Wildman–Crippen MR) is 55.7 cm³/mol. The molecule has 0 aliphatic rings. The first kappa shape index (κ1) is 10.1. The number of Topliss-reactive ketones (excluding diaryl/α,β-unsaturated/α-hetero) is 1. The minimum Gasteiger partial charge on any atom is -0.384 e. The molecule has 1 N–H and O–H groups in total. The van der Waals surface area contributed by atoms with Gasteiger partial charge in [0.15, 0.2) is 5.78 Å². The summed E-state index contributed by atoms with van der Waals surface area (Å²) in [4.78, 5) is 11.0. The molecule has 13 heavy (non-hydrogen) atoms. The molecule has 0 aliphatic carbocycles. The van der Waals surface area contributed by atoms with E-state index in [4.69, 9.17) is 11.6 Å². The van der Waals surface area contributed by atoms with Crippen LogP contribution in [0, 0.1) is 0 Å². The Labute approximate surface area is 82.9 Å². The lowest BCUT2D eigenvalue weighted by molar-refractivity contribution is 0.101. The summed E-state index contributed by atoms with van der Waals surface area (Å²) in [6, 6.07) is 7.40. The van der Waals surface area contributed by atoms with Crippen molar-refractivity contribution in [3.8, 4) is 0 Å². The summed E-state index contributed by atoms with van der Waals surface area (Å²) in [5.41, 5.74) is 1.66. The zero-order valence-electron chi connectivity index (χ0n) is 7.51. The van der Waals surface area contributed by atoms with Crippen LogP contribution in [0.5, 0.6) is 0 Å². The molecule has 0 amide bonds. The van der Waals surface area contributed by atoms with Gasteiger partial charge in [0.05, 0.1) is 0 Å². The van der Waals surface area contributed by atoms with Crippen LogP contribution in [0.25, 0.3) is 0 Å². The van der Waals surface area contributed by atoms with Crippen LogP contribution >= 0.6 is 11.6 Å². The molecule has 0 aliphatic heterocycles. The van der Waals surface area contributed by atoms with Gasteiger partial charge in [0.25, 0.3) is 0 Å². The Morgan fingerprint density at radius 1 is 1.54 bits per heavy atom. The summed E-state index contributed by atoms with van der Waals surface area (Å²) in [6.07, 6.45) is 0. The van der Waals surface area contributed by atoms with Crippen molar-refractivity contribution in [2.45, 2.75) is 6.92 Å². The van der Waals surface area contributed by atoms with Gasteiger partial charge in [0, 0.05) is 23.7 Å². The van der Waals surface area contributed by atoms with Gasteiger partial charge in [0.2, 0.25) is 0 Å². The lowest BCUT2D eigenvalue weighted by Crippen LogP contribution is -2.03. The smallest absolute Gasteiger partial charge is 0.159 e. The molecule has 0 unspecified atom stereocenters. The number of hydrogen-bond donors (Lipinski definition) is 1. The zero-order chi connectivity index (χ0) is 9.68. The van der Waals surface area contributed by atoms with E-state index in [1.807, 2.05) is 18.2 Å². The first-order chi connectivity index (χ1) is 6.24. The van der Waals surface area contributed by atoms with Crippen LogP contribution < -0.4 is 5.32 Å². The molecule has 1 aromatic rings. The Morgan fingerprint density at radius 3 is 2.92 bits per heavy atom. The van der Waals surface area contributed by atoms with Crippen molar-refractivity contribution in [3.05, 3.63) is 29.8 Å². The summed E-state index contributed by atoms with van der Waals surface area (Å²) < 4.78 is 0. The van der Waals surface area contributed by atoms with Crippen LogP contribution in [0.4, 0.5) is 5.69 Å². The quantitative estimate of drug-likeness (QED) is 0.594. The molecule has 0 heterocycles. The monoisotopic (exact) mass is 197 g/mol. The van der Waals surface area contributed by atoms with Crippen LogP contribution in [-0.4, -0.2) is 18.2 Å². The van der Waals surface area contributed by atoms with E-state index in [1.54, 1.807) is 13.0 Å². The molecule has 0 atom stereocenters. The maximum atomic E-state index is 11.0. The molecule has 0 spiro atoms. The molecule has 0 aromatic heterocycles. The Balaban J connectivity index is 2.73. The third kappa shape index (κ3) is 3.07. The van der Waals surface area contributed by atoms with Gasteiger partial charge in [-0.05, 0) is 19.1 Å². The number of halogens is 1. The van der Waals surface area contributed by atoms with Crippen molar-refractivity contribution in [3.63, 3.8) is 0 Å². The zero-order valence-corrected chi connectivity index (χ0v) is 8.27. The highest BCUT2D eigenvalue weighted by Gasteiger charge is 1.98. The van der Waals surface area contributed by atoms with Crippen molar-refractivity contribution >= 4 is 23.1 Å². The Bertz CT molecular complexity index is 299. The lowest BCUT2D eigenvalue weighted by Gasteiger charge is -2.04. The summed E-state index contributed by atoms with van der Waals surface area (Å²) in [7, 11) is 0. The van der Waals surface area contributed by atoms with E-state index in [9.17, 15) is 4.79 Å². The maximum Gasteiger partial charge on any atom is 0.159 e. The fourth-order valence-electron chi connectivity index (χ4n) is 1.04. The Kier molecular flexibility index (Phi) is 3.77. The number of benzene rings is 1. The van der Waals surface area contributed by atoms with E-state index in [2.05, 4.69) is 5.32 Å². The minimum atomic E-state index is 0.0783. The first-order valence-electron chi connectivity index (χ1n) is 4.15. The van der Waals surface area contributed by atoms with E-state index in [1.165, 1.54) is 0 Å². The molecular formula is C10H12ClNO. The van der Waals surface area contributed by atoms with Crippen LogP contribution in [0.2, 0.25) is 0 Å². The molecule has 0 saturated heterocycles. The second-order valence-electron chi connectivity index (χ2n) is 2.75. The molecular weight excluding hydrogens is 186 g/mol. The summed E-state index contributed by atoms with van der Waals surface area (Å²) in [6.45, 7) is 2.27. The van der Waals surface area contributed by atoms with Crippen molar-refractivity contribution in [2.24, 2.45) is 0 Å². The van der Waals surface area contributed by atoms with Gasteiger partial charge >= 0.3 is 0 Å². The van der Waals surface area contributed by atoms with E-state index in [0.717, 1.165) is 11.3 Å². The average Bonchev–Trinajstić information content (AvgIpc) is 2.15. The van der Waals surface area contributed by atoms with Gasteiger partial charge in [-0.25, -0.2) is 0 Å². The standard InChI is InChI=1S/C10H12ClNO/c1-8(13)9-3-2-4-10(7-9)12-6-5-11/h2-4,7,12H,5-6H2,1H3.